The van der Waals surface area contributed by atoms with Crippen LogP contribution in [0.2, 0.25) is 0 Å². The normalized spacial score (nSPS) is 12.9. The molecule has 1 amide bonds. The fourth-order valence-corrected chi connectivity index (χ4v) is 1.59. The Balaban J connectivity index is 4.27. The Kier molecular flexibility index (Phi) is 6.75. The van der Waals surface area contributed by atoms with Crippen LogP contribution in [0.4, 0.5) is 0 Å². The molecule has 0 spiro atoms. The van der Waals surface area contributed by atoms with E-state index < -0.39 is 5.54 Å². The van der Waals surface area contributed by atoms with Crippen molar-refractivity contribution in [3.63, 3.8) is 0 Å². The molecule has 0 saturated heterocycles. The van der Waals surface area contributed by atoms with Crippen LogP contribution in [-0.4, -0.2) is 25.2 Å². The first-order valence-electron chi connectivity index (χ1n) is 5.74. The molecule has 0 bridgehead atoms. The van der Waals surface area contributed by atoms with Gasteiger partial charge in [0.25, 0.3) is 0 Å². The van der Waals surface area contributed by atoms with Gasteiger partial charge in [-0.2, -0.15) is 5.26 Å². The van der Waals surface area contributed by atoms with Crippen molar-refractivity contribution in [2.24, 2.45) is 5.92 Å². The SMILES string of the molecule is CCC(C#N)(CC)NC(=O)CC(C)COC. The Hall–Kier alpha value is -1.08. The molecular formula is C12H22N2O2. The quantitative estimate of drug-likeness (QED) is 0.720. The summed E-state index contributed by atoms with van der Waals surface area (Å²) in [7, 11) is 1.62. The fraction of sp³-hybridized carbons (Fsp3) is 0.833. The average Bonchev–Trinajstić information content (AvgIpc) is 2.26. The lowest BCUT2D eigenvalue weighted by Crippen LogP contribution is -2.46. The van der Waals surface area contributed by atoms with Gasteiger partial charge < -0.3 is 10.1 Å². The Labute approximate surface area is 98.0 Å². The molecule has 92 valence electrons. The van der Waals surface area contributed by atoms with Gasteiger partial charge in [0.2, 0.25) is 5.91 Å². The molecule has 16 heavy (non-hydrogen) atoms. The summed E-state index contributed by atoms with van der Waals surface area (Å²) in [6, 6.07) is 2.19. The summed E-state index contributed by atoms with van der Waals surface area (Å²) < 4.78 is 4.97. The number of rotatable bonds is 7. The van der Waals surface area contributed by atoms with E-state index in [1.165, 1.54) is 0 Å². The van der Waals surface area contributed by atoms with Crippen LogP contribution >= 0.6 is 0 Å². The predicted octanol–water partition coefficient (Wildman–Crippen LogP) is 1.86. The summed E-state index contributed by atoms with van der Waals surface area (Å²) in [6.07, 6.45) is 1.66. The number of hydrogen-bond donors (Lipinski definition) is 1. The van der Waals surface area contributed by atoms with E-state index in [0.717, 1.165) is 0 Å². The molecule has 0 saturated carbocycles. The zero-order valence-electron chi connectivity index (χ0n) is 10.7. The topological polar surface area (TPSA) is 62.1 Å². The van der Waals surface area contributed by atoms with Gasteiger partial charge in [-0.05, 0) is 18.8 Å². The van der Waals surface area contributed by atoms with Crippen molar-refractivity contribution in [3.8, 4) is 6.07 Å². The van der Waals surface area contributed by atoms with Gasteiger partial charge >= 0.3 is 0 Å². The monoisotopic (exact) mass is 226 g/mol. The van der Waals surface area contributed by atoms with Gasteiger partial charge in [-0.25, -0.2) is 0 Å². The molecule has 1 atom stereocenters. The molecule has 4 heteroatoms. The Morgan fingerprint density at radius 3 is 2.44 bits per heavy atom. The molecule has 4 nitrogen and oxygen atoms in total. The van der Waals surface area contributed by atoms with Gasteiger partial charge in [0.15, 0.2) is 0 Å². The molecule has 0 rings (SSSR count). The average molecular weight is 226 g/mol. The number of ether oxygens (including phenoxy) is 1. The first-order valence-corrected chi connectivity index (χ1v) is 5.74. The van der Waals surface area contributed by atoms with Crippen LogP contribution in [0.25, 0.3) is 0 Å². The van der Waals surface area contributed by atoms with E-state index in [9.17, 15) is 4.79 Å². The van der Waals surface area contributed by atoms with Crippen molar-refractivity contribution in [2.75, 3.05) is 13.7 Å². The summed E-state index contributed by atoms with van der Waals surface area (Å²) in [5.41, 5.74) is -0.704. The van der Waals surface area contributed by atoms with Crippen LogP contribution in [0.3, 0.4) is 0 Å². The summed E-state index contributed by atoms with van der Waals surface area (Å²) in [6.45, 7) is 6.33. The highest BCUT2D eigenvalue weighted by atomic mass is 16.5. The lowest BCUT2D eigenvalue weighted by molar-refractivity contribution is -0.123. The third-order valence-corrected chi connectivity index (χ3v) is 2.78. The first kappa shape index (κ1) is 14.9. The molecular weight excluding hydrogens is 204 g/mol. The lowest BCUT2D eigenvalue weighted by atomic mass is 9.94. The number of methoxy groups -OCH3 is 1. The van der Waals surface area contributed by atoms with Gasteiger partial charge in [0.05, 0.1) is 6.07 Å². The van der Waals surface area contributed by atoms with Crippen molar-refractivity contribution >= 4 is 5.91 Å². The zero-order chi connectivity index (χ0) is 12.6. The number of carbonyl (C=O) groups excluding carboxylic acids is 1. The summed E-state index contributed by atoms with van der Waals surface area (Å²) in [4.78, 5) is 11.7. The molecule has 0 aliphatic heterocycles. The van der Waals surface area contributed by atoms with Crippen LogP contribution in [-0.2, 0) is 9.53 Å². The summed E-state index contributed by atoms with van der Waals surface area (Å²) in [5.74, 6) is 0.102. The molecule has 1 N–H and O–H groups in total. The smallest absolute Gasteiger partial charge is 0.221 e. The highest BCUT2D eigenvalue weighted by molar-refractivity contribution is 5.77. The molecule has 0 aromatic heterocycles. The van der Waals surface area contributed by atoms with Crippen LogP contribution in [0.15, 0.2) is 0 Å². The lowest BCUT2D eigenvalue weighted by Gasteiger charge is -2.25. The Morgan fingerprint density at radius 2 is 2.06 bits per heavy atom. The maximum atomic E-state index is 11.7. The van der Waals surface area contributed by atoms with Gasteiger partial charge in [-0.3, -0.25) is 4.79 Å². The third kappa shape index (κ3) is 4.63. The highest BCUT2D eigenvalue weighted by Gasteiger charge is 2.27. The number of hydrogen-bond acceptors (Lipinski definition) is 3. The van der Waals surface area contributed by atoms with Crippen LogP contribution in [0.5, 0.6) is 0 Å². The molecule has 0 heterocycles. The van der Waals surface area contributed by atoms with E-state index in [2.05, 4.69) is 11.4 Å². The molecule has 1 unspecified atom stereocenters. The number of nitrogens with zero attached hydrogens (tertiary/aromatic N) is 1. The molecule has 0 aromatic rings. The van der Waals surface area contributed by atoms with Crippen molar-refractivity contribution in [3.05, 3.63) is 0 Å². The maximum absolute atomic E-state index is 11.7. The Bertz CT molecular complexity index is 254. The minimum atomic E-state index is -0.704. The minimum Gasteiger partial charge on any atom is -0.384 e. The fourth-order valence-electron chi connectivity index (χ4n) is 1.59. The van der Waals surface area contributed by atoms with Gasteiger partial charge in [0, 0.05) is 20.1 Å². The van der Waals surface area contributed by atoms with Gasteiger partial charge in [0.1, 0.15) is 5.54 Å². The molecule has 0 fully saturated rings. The number of nitriles is 1. The summed E-state index contributed by atoms with van der Waals surface area (Å²) >= 11 is 0. The summed E-state index contributed by atoms with van der Waals surface area (Å²) in [5, 5.41) is 11.9. The second-order valence-electron chi connectivity index (χ2n) is 4.21. The van der Waals surface area contributed by atoms with E-state index in [1.807, 2.05) is 20.8 Å². The van der Waals surface area contributed by atoms with Gasteiger partial charge in [-0.1, -0.05) is 20.8 Å². The second kappa shape index (κ2) is 7.24. The highest BCUT2D eigenvalue weighted by Crippen LogP contribution is 2.14. The molecule has 0 radical (unpaired) electrons. The zero-order valence-corrected chi connectivity index (χ0v) is 10.7. The molecule has 0 aliphatic carbocycles. The number of nitrogens with one attached hydrogen (secondary N) is 1. The Morgan fingerprint density at radius 1 is 1.50 bits per heavy atom. The van der Waals surface area contributed by atoms with Crippen LogP contribution in [0.1, 0.15) is 40.0 Å². The molecule has 0 aliphatic rings. The first-order chi connectivity index (χ1) is 7.53. The molecule has 0 aromatic carbocycles. The number of carbonyl (C=O) groups is 1. The second-order valence-corrected chi connectivity index (χ2v) is 4.21. The minimum absolute atomic E-state index is 0.0743. The largest absolute Gasteiger partial charge is 0.384 e. The van der Waals surface area contributed by atoms with Gasteiger partial charge in [-0.15, -0.1) is 0 Å². The van der Waals surface area contributed by atoms with Crippen molar-refractivity contribution in [1.29, 1.82) is 5.26 Å². The van der Waals surface area contributed by atoms with E-state index in [-0.39, 0.29) is 11.8 Å². The predicted molar refractivity (Wildman–Crippen MR) is 62.7 cm³/mol. The third-order valence-electron chi connectivity index (χ3n) is 2.78. The maximum Gasteiger partial charge on any atom is 0.221 e. The van der Waals surface area contributed by atoms with E-state index >= 15 is 0 Å². The van der Waals surface area contributed by atoms with Crippen LogP contribution < -0.4 is 5.32 Å². The van der Waals surface area contributed by atoms with Crippen molar-refractivity contribution < 1.29 is 9.53 Å². The van der Waals surface area contributed by atoms with E-state index in [4.69, 9.17) is 10.00 Å². The van der Waals surface area contributed by atoms with E-state index in [1.54, 1.807) is 7.11 Å². The number of amides is 1. The standard InChI is InChI=1S/C12H22N2O2/c1-5-12(6-2,9-13)14-11(15)7-10(3)8-16-4/h10H,5-8H2,1-4H3,(H,14,15). The van der Waals surface area contributed by atoms with Crippen molar-refractivity contribution in [2.45, 2.75) is 45.6 Å². The van der Waals surface area contributed by atoms with Crippen molar-refractivity contribution in [1.82, 2.24) is 5.32 Å². The van der Waals surface area contributed by atoms with Crippen LogP contribution in [0, 0.1) is 17.2 Å². The van der Waals surface area contributed by atoms with E-state index in [0.29, 0.717) is 25.9 Å².